The van der Waals surface area contributed by atoms with Gasteiger partial charge in [0.15, 0.2) is 0 Å². The van der Waals surface area contributed by atoms with Crippen molar-refractivity contribution in [3.63, 3.8) is 0 Å². The van der Waals surface area contributed by atoms with Crippen LogP contribution in [-0.2, 0) is 11.3 Å². The first-order valence-corrected chi connectivity index (χ1v) is 6.24. The number of halogens is 1. The molecule has 2 aromatic rings. The SMILES string of the molecule is N#Cc1cc(COCCOc2ccccc2)ccc1F. The number of nitriles is 1. The molecule has 0 aliphatic rings. The summed E-state index contributed by atoms with van der Waals surface area (Å²) < 4.78 is 24.0. The third-order valence-electron chi connectivity index (χ3n) is 2.66. The number of rotatable bonds is 6. The lowest BCUT2D eigenvalue weighted by atomic mass is 10.1. The van der Waals surface area contributed by atoms with Gasteiger partial charge in [-0.25, -0.2) is 4.39 Å². The molecule has 2 aromatic carbocycles. The van der Waals surface area contributed by atoms with E-state index in [1.165, 1.54) is 12.1 Å². The summed E-state index contributed by atoms with van der Waals surface area (Å²) in [7, 11) is 0. The fourth-order valence-corrected chi connectivity index (χ4v) is 1.67. The summed E-state index contributed by atoms with van der Waals surface area (Å²) in [6.07, 6.45) is 0. The zero-order valence-corrected chi connectivity index (χ0v) is 10.9. The molecule has 0 fully saturated rings. The highest BCUT2D eigenvalue weighted by Gasteiger charge is 2.02. The molecule has 0 aliphatic carbocycles. The summed E-state index contributed by atoms with van der Waals surface area (Å²) in [4.78, 5) is 0. The Hall–Kier alpha value is -2.38. The normalized spacial score (nSPS) is 10.0. The van der Waals surface area contributed by atoms with Crippen molar-refractivity contribution in [1.29, 1.82) is 5.26 Å². The molecule has 0 saturated heterocycles. The van der Waals surface area contributed by atoms with E-state index in [2.05, 4.69) is 0 Å². The van der Waals surface area contributed by atoms with E-state index in [1.807, 2.05) is 30.3 Å². The summed E-state index contributed by atoms with van der Waals surface area (Å²) >= 11 is 0. The molecule has 2 rings (SSSR count). The smallest absolute Gasteiger partial charge is 0.140 e. The molecule has 0 N–H and O–H groups in total. The van der Waals surface area contributed by atoms with Crippen LogP contribution in [0, 0.1) is 17.1 Å². The average molecular weight is 271 g/mol. The van der Waals surface area contributed by atoms with E-state index in [4.69, 9.17) is 14.7 Å². The minimum Gasteiger partial charge on any atom is -0.491 e. The molecular weight excluding hydrogens is 257 g/mol. The largest absolute Gasteiger partial charge is 0.491 e. The lowest BCUT2D eigenvalue weighted by Gasteiger charge is -2.07. The van der Waals surface area contributed by atoms with E-state index in [9.17, 15) is 4.39 Å². The van der Waals surface area contributed by atoms with E-state index in [1.54, 1.807) is 12.1 Å². The van der Waals surface area contributed by atoms with Crippen molar-refractivity contribution >= 4 is 0 Å². The zero-order valence-electron chi connectivity index (χ0n) is 10.9. The third-order valence-corrected chi connectivity index (χ3v) is 2.66. The molecule has 0 radical (unpaired) electrons. The van der Waals surface area contributed by atoms with Crippen molar-refractivity contribution in [2.45, 2.75) is 6.61 Å². The van der Waals surface area contributed by atoms with E-state index >= 15 is 0 Å². The highest BCUT2D eigenvalue weighted by Crippen LogP contribution is 2.11. The Kier molecular flexibility index (Phi) is 5.10. The Balaban J connectivity index is 1.72. The Morgan fingerprint density at radius 1 is 1.05 bits per heavy atom. The maximum absolute atomic E-state index is 13.1. The van der Waals surface area contributed by atoms with Crippen LogP contribution >= 0.6 is 0 Å². The number of ether oxygens (including phenoxy) is 2. The fourth-order valence-electron chi connectivity index (χ4n) is 1.67. The molecule has 0 bridgehead atoms. The van der Waals surface area contributed by atoms with Crippen LogP contribution in [0.5, 0.6) is 5.75 Å². The van der Waals surface area contributed by atoms with Crippen molar-refractivity contribution in [3.8, 4) is 11.8 Å². The summed E-state index contributed by atoms with van der Waals surface area (Å²) in [6.45, 7) is 1.19. The lowest BCUT2D eigenvalue weighted by Crippen LogP contribution is -2.06. The van der Waals surface area contributed by atoms with Crippen LogP contribution in [0.2, 0.25) is 0 Å². The van der Waals surface area contributed by atoms with Crippen LogP contribution in [-0.4, -0.2) is 13.2 Å². The second-order valence-corrected chi connectivity index (χ2v) is 4.14. The number of nitrogens with zero attached hydrogens (tertiary/aromatic N) is 1. The van der Waals surface area contributed by atoms with Crippen molar-refractivity contribution < 1.29 is 13.9 Å². The summed E-state index contributed by atoms with van der Waals surface area (Å²) in [6, 6.07) is 15.6. The minimum absolute atomic E-state index is 0.0339. The topological polar surface area (TPSA) is 42.2 Å². The molecule has 0 atom stereocenters. The second kappa shape index (κ2) is 7.27. The lowest BCUT2D eigenvalue weighted by molar-refractivity contribution is 0.0889. The zero-order chi connectivity index (χ0) is 14.2. The maximum atomic E-state index is 13.1. The number of hydrogen-bond acceptors (Lipinski definition) is 3. The first-order chi connectivity index (χ1) is 9.79. The van der Waals surface area contributed by atoms with Gasteiger partial charge in [0.05, 0.1) is 18.8 Å². The van der Waals surface area contributed by atoms with Gasteiger partial charge in [0.1, 0.15) is 24.2 Å². The first-order valence-electron chi connectivity index (χ1n) is 6.24. The van der Waals surface area contributed by atoms with Crippen LogP contribution in [0.15, 0.2) is 48.5 Å². The fraction of sp³-hybridized carbons (Fsp3) is 0.188. The van der Waals surface area contributed by atoms with Crippen molar-refractivity contribution in [2.75, 3.05) is 13.2 Å². The minimum atomic E-state index is -0.510. The van der Waals surface area contributed by atoms with Gasteiger partial charge in [-0.1, -0.05) is 24.3 Å². The summed E-state index contributed by atoms with van der Waals surface area (Å²) in [5.41, 5.74) is 0.800. The molecule has 0 aliphatic heterocycles. The van der Waals surface area contributed by atoms with Crippen LogP contribution in [0.1, 0.15) is 11.1 Å². The molecule has 102 valence electrons. The quantitative estimate of drug-likeness (QED) is 0.757. The van der Waals surface area contributed by atoms with E-state index < -0.39 is 5.82 Å². The van der Waals surface area contributed by atoms with Gasteiger partial charge in [-0.2, -0.15) is 5.26 Å². The molecule has 0 amide bonds. The van der Waals surface area contributed by atoms with Gasteiger partial charge in [-0.05, 0) is 29.8 Å². The van der Waals surface area contributed by atoms with E-state index in [-0.39, 0.29) is 5.56 Å². The molecule has 20 heavy (non-hydrogen) atoms. The molecular formula is C16H14FNO2. The second-order valence-electron chi connectivity index (χ2n) is 4.14. The van der Waals surface area contributed by atoms with Gasteiger partial charge < -0.3 is 9.47 Å². The molecule has 0 aromatic heterocycles. The Morgan fingerprint density at radius 2 is 1.85 bits per heavy atom. The highest BCUT2D eigenvalue weighted by molar-refractivity contribution is 5.34. The molecule has 0 saturated carbocycles. The summed E-state index contributed by atoms with van der Waals surface area (Å²) in [5, 5.41) is 8.73. The Morgan fingerprint density at radius 3 is 2.60 bits per heavy atom. The molecule has 3 nitrogen and oxygen atoms in total. The van der Waals surface area contributed by atoms with Crippen molar-refractivity contribution in [3.05, 3.63) is 65.5 Å². The molecule has 4 heteroatoms. The Bertz CT molecular complexity index is 593. The predicted molar refractivity (Wildman–Crippen MR) is 72.7 cm³/mol. The van der Waals surface area contributed by atoms with Gasteiger partial charge in [0, 0.05) is 0 Å². The molecule has 0 unspecified atom stereocenters. The summed E-state index contributed by atoms with van der Waals surface area (Å²) in [5.74, 6) is 0.285. The average Bonchev–Trinajstić information content (AvgIpc) is 2.49. The van der Waals surface area contributed by atoms with E-state index in [0.717, 1.165) is 11.3 Å². The number of hydrogen-bond donors (Lipinski definition) is 0. The number of para-hydroxylation sites is 1. The highest BCUT2D eigenvalue weighted by atomic mass is 19.1. The standard InChI is InChI=1S/C16H14FNO2/c17-16-7-6-13(10-14(16)11-18)12-19-8-9-20-15-4-2-1-3-5-15/h1-7,10H,8-9,12H2. The first kappa shape index (κ1) is 14.0. The van der Waals surface area contributed by atoms with Crippen molar-refractivity contribution in [1.82, 2.24) is 0 Å². The van der Waals surface area contributed by atoms with Crippen LogP contribution in [0.3, 0.4) is 0 Å². The Labute approximate surface area is 117 Å². The van der Waals surface area contributed by atoms with Crippen LogP contribution < -0.4 is 4.74 Å². The number of benzene rings is 2. The van der Waals surface area contributed by atoms with E-state index in [0.29, 0.717) is 19.8 Å². The third kappa shape index (κ3) is 4.08. The van der Waals surface area contributed by atoms with Crippen LogP contribution in [0.25, 0.3) is 0 Å². The van der Waals surface area contributed by atoms with Crippen LogP contribution in [0.4, 0.5) is 4.39 Å². The van der Waals surface area contributed by atoms with Gasteiger partial charge in [-0.15, -0.1) is 0 Å². The van der Waals surface area contributed by atoms with Gasteiger partial charge in [0.25, 0.3) is 0 Å². The molecule has 0 heterocycles. The van der Waals surface area contributed by atoms with Gasteiger partial charge in [0.2, 0.25) is 0 Å². The van der Waals surface area contributed by atoms with Crippen molar-refractivity contribution in [2.24, 2.45) is 0 Å². The van der Waals surface area contributed by atoms with Gasteiger partial charge >= 0.3 is 0 Å². The molecule has 0 spiro atoms. The predicted octanol–water partition coefficient (Wildman–Crippen LogP) is 3.29. The monoisotopic (exact) mass is 271 g/mol. The van der Waals surface area contributed by atoms with Gasteiger partial charge in [-0.3, -0.25) is 0 Å². The maximum Gasteiger partial charge on any atom is 0.140 e.